The zero-order chi connectivity index (χ0) is 15.8. The van der Waals surface area contributed by atoms with E-state index in [-0.39, 0.29) is 0 Å². The Morgan fingerprint density at radius 2 is 2.18 bits per heavy atom. The molecule has 7 heteroatoms. The van der Waals surface area contributed by atoms with Gasteiger partial charge in [-0.15, -0.1) is 0 Å². The van der Waals surface area contributed by atoms with Gasteiger partial charge in [0.15, 0.2) is 11.8 Å². The normalized spacial score (nSPS) is 16.8. The van der Waals surface area contributed by atoms with Crippen molar-refractivity contribution < 1.29 is 9.26 Å². The number of guanidine groups is 1. The summed E-state index contributed by atoms with van der Waals surface area (Å²) >= 11 is 0. The molecule has 0 atom stereocenters. The lowest BCUT2D eigenvalue weighted by Crippen LogP contribution is -2.40. The molecule has 1 aliphatic heterocycles. The quantitative estimate of drug-likeness (QED) is 0.629. The number of nitrogens with one attached hydrogen (secondary N) is 1. The molecule has 1 N–H and O–H groups in total. The van der Waals surface area contributed by atoms with Crippen molar-refractivity contribution in [3.05, 3.63) is 11.7 Å². The zero-order valence-electron chi connectivity index (χ0n) is 13.8. The standard InChI is InChI=1S/C15H27N5O2/c1-12-18-14(22-19-12)4-8-17-15(16-2)20(3)9-5-13-6-10-21-11-7-13/h13H,4-11H2,1-3H3,(H,16,17). The van der Waals surface area contributed by atoms with Gasteiger partial charge in [0.2, 0.25) is 5.89 Å². The highest BCUT2D eigenvalue weighted by atomic mass is 16.5. The summed E-state index contributed by atoms with van der Waals surface area (Å²) in [6, 6.07) is 0. The van der Waals surface area contributed by atoms with E-state index in [0.717, 1.165) is 38.2 Å². The van der Waals surface area contributed by atoms with Crippen LogP contribution in [0.3, 0.4) is 0 Å². The Balaban J connectivity index is 1.68. The molecule has 1 aromatic rings. The number of hydrogen-bond donors (Lipinski definition) is 1. The Morgan fingerprint density at radius 3 is 2.82 bits per heavy atom. The van der Waals surface area contributed by atoms with E-state index in [9.17, 15) is 0 Å². The summed E-state index contributed by atoms with van der Waals surface area (Å²) in [5.74, 6) is 3.01. The number of ether oxygens (including phenoxy) is 1. The molecule has 0 amide bonds. The molecular formula is C15H27N5O2. The molecule has 0 spiro atoms. The first-order valence-electron chi connectivity index (χ1n) is 7.97. The van der Waals surface area contributed by atoms with Crippen LogP contribution in [0.2, 0.25) is 0 Å². The van der Waals surface area contributed by atoms with E-state index >= 15 is 0 Å². The second-order valence-corrected chi connectivity index (χ2v) is 5.73. The highest BCUT2D eigenvalue weighted by Crippen LogP contribution is 2.18. The van der Waals surface area contributed by atoms with Gasteiger partial charge in [-0.1, -0.05) is 5.16 Å². The lowest BCUT2D eigenvalue weighted by atomic mass is 9.96. The van der Waals surface area contributed by atoms with Crippen LogP contribution in [-0.4, -0.2) is 61.4 Å². The van der Waals surface area contributed by atoms with Crippen LogP contribution in [0.4, 0.5) is 0 Å². The molecule has 2 rings (SSSR count). The maximum absolute atomic E-state index is 5.40. The first kappa shape index (κ1) is 16.7. The van der Waals surface area contributed by atoms with Crippen LogP contribution >= 0.6 is 0 Å². The maximum Gasteiger partial charge on any atom is 0.228 e. The summed E-state index contributed by atoms with van der Waals surface area (Å²) < 4.78 is 10.5. The van der Waals surface area contributed by atoms with Gasteiger partial charge in [-0.25, -0.2) is 0 Å². The minimum atomic E-state index is 0.658. The predicted octanol–water partition coefficient (Wildman–Crippen LogP) is 1.24. The van der Waals surface area contributed by atoms with Crippen LogP contribution in [0, 0.1) is 12.8 Å². The molecule has 1 fully saturated rings. The third kappa shape index (κ3) is 5.29. The van der Waals surface area contributed by atoms with E-state index in [0.29, 0.717) is 18.1 Å². The van der Waals surface area contributed by atoms with Crippen LogP contribution in [0.25, 0.3) is 0 Å². The van der Waals surface area contributed by atoms with E-state index in [1.807, 2.05) is 14.0 Å². The van der Waals surface area contributed by atoms with E-state index in [1.54, 1.807) is 0 Å². The summed E-state index contributed by atoms with van der Waals surface area (Å²) in [6.45, 7) is 5.37. The average Bonchev–Trinajstić information content (AvgIpc) is 2.95. The topological polar surface area (TPSA) is 75.8 Å². The van der Waals surface area contributed by atoms with E-state index < -0.39 is 0 Å². The van der Waals surface area contributed by atoms with E-state index in [2.05, 4.69) is 32.4 Å². The van der Waals surface area contributed by atoms with Gasteiger partial charge in [0.05, 0.1) is 0 Å². The molecule has 1 aliphatic rings. The van der Waals surface area contributed by atoms with Crippen LogP contribution in [0.1, 0.15) is 31.0 Å². The fraction of sp³-hybridized carbons (Fsp3) is 0.800. The Morgan fingerprint density at radius 1 is 1.41 bits per heavy atom. The lowest BCUT2D eigenvalue weighted by Gasteiger charge is -2.26. The molecule has 0 unspecified atom stereocenters. The first-order valence-corrected chi connectivity index (χ1v) is 7.97. The van der Waals surface area contributed by atoms with Crippen LogP contribution < -0.4 is 5.32 Å². The largest absolute Gasteiger partial charge is 0.381 e. The Labute approximate surface area is 132 Å². The molecule has 0 bridgehead atoms. The molecule has 1 saturated heterocycles. The smallest absolute Gasteiger partial charge is 0.228 e. The van der Waals surface area contributed by atoms with Crippen molar-refractivity contribution in [3.8, 4) is 0 Å². The van der Waals surface area contributed by atoms with Crippen molar-refractivity contribution in [2.75, 3.05) is 40.4 Å². The van der Waals surface area contributed by atoms with Crippen LogP contribution in [-0.2, 0) is 11.2 Å². The number of aromatic nitrogens is 2. The summed E-state index contributed by atoms with van der Waals surface area (Å²) in [6.07, 6.45) is 4.24. The SMILES string of the molecule is CN=C(NCCc1nc(C)no1)N(C)CCC1CCOCC1. The van der Waals surface area contributed by atoms with Gasteiger partial charge in [-0.05, 0) is 32.1 Å². The number of aryl methyl sites for hydroxylation is 1. The van der Waals surface area contributed by atoms with Crippen molar-refractivity contribution in [1.29, 1.82) is 0 Å². The van der Waals surface area contributed by atoms with Crippen molar-refractivity contribution in [1.82, 2.24) is 20.4 Å². The Kier molecular flexibility index (Phi) is 6.64. The summed E-state index contributed by atoms with van der Waals surface area (Å²) in [5.41, 5.74) is 0. The third-order valence-electron chi connectivity index (χ3n) is 3.98. The van der Waals surface area contributed by atoms with Gasteiger partial charge >= 0.3 is 0 Å². The van der Waals surface area contributed by atoms with Gasteiger partial charge in [0, 0.05) is 46.8 Å². The molecule has 7 nitrogen and oxygen atoms in total. The van der Waals surface area contributed by atoms with Gasteiger partial charge < -0.3 is 19.5 Å². The summed E-state index contributed by atoms with van der Waals surface area (Å²) in [5, 5.41) is 7.12. The van der Waals surface area contributed by atoms with Crippen molar-refractivity contribution in [2.24, 2.45) is 10.9 Å². The number of nitrogens with zero attached hydrogens (tertiary/aromatic N) is 4. The van der Waals surface area contributed by atoms with Gasteiger partial charge in [-0.3, -0.25) is 4.99 Å². The number of aliphatic imine (C=N–C) groups is 1. The number of hydrogen-bond acceptors (Lipinski definition) is 5. The van der Waals surface area contributed by atoms with E-state index in [1.165, 1.54) is 19.3 Å². The van der Waals surface area contributed by atoms with Gasteiger partial charge in [0.25, 0.3) is 0 Å². The van der Waals surface area contributed by atoms with Crippen molar-refractivity contribution >= 4 is 5.96 Å². The van der Waals surface area contributed by atoms with Gasteiger partial charge in [0.1, 0.15) is 0 Å². The first-order chi connectivity index (χ1) is 10.7. The molecule has 1 aromatic heterocycles. The van der Waals surface area contributed by atoms with Crippen LogP contribution in [0.15, 0.2) is 9.52 Å². The lowest BCUT2D eigenvalue weighted by molar-refractivity contribution is 0.0625. The Hall–Kier alpha value is -1.63. The second kappa shape index (κ2) is 8.73. The fourth-order valence-corrected chi connectivity index (χ4v) is 2.62. The minimum Gasteiger partial charge on any atom is -0.381 e. The molecule has 0 saturated carbocycles. The summed E-state index contributed by atoms with van der Waals surface area (Å²) in [4.78, 5) is 10.7. The second-order valence-electron chi connectivity index (χ2n) is 5.73. The fourth-order valence-electron chi connectivity index (χ4n) is 2.62. The van der Waals surface area contributed by atoms with Crippen molar-refractivity contribution in [3.63, 3.8) is 0 Å². The molecule has 0 aromatic carbocycles. The van der Waals surface area contributed by atoms with E-state index in [4.69, 9.17) is 9.26 Å². The highest BCUT2D eigenvalue weighted by molar-refractivity contribution is 5.79. The molecular weight excluding hydrogens is 282 g/mol. The zero-order valence-corrected chi connectivity index (χ0v) is 13.8. The van der Waals surface area contributed by atoms with Crippen molar-refractivity contribution in [2.45, 2.75) is 32.6 Å². The summed E-state index contributed by atoms with van der Waals surface area (Å²) in [7, 11) is 3.88. The molecule has 0 radical (unpaired) electrons. The third-order valence-corrected chi connectivity index (χ3v) is 3.98. The maximum atomic E-state index is 5.40. The monoisotopic (exact) mass is 309 g/mol. The number of rotatable bonds is 6. The molecule has 2 heterocycles. The van der Waals surface area contributed by atoms with Gasteiger partial charge in [-0.2, -0.15) is 4.98 Å². The average molecular weight is 309 g/mol. The predicted molar refractivity (Wildman–Crippen MR) is 84.9 cm³/mol. The minimum absolute atomic E-state index is 0.658. The highest BCUT2D eigenvalue weighted by Gasteiger charge is 2.15. The molecule has 124 valence electrons. The Bertz CT molecular complexity index is 468. The molecule has 0 aliphatic carbocycles. The van der Waals surface area contributed by atoms with Crippen LogP contribution in [0.5, 0.6) is 0 Å². The molecule has 22 heavy (non-hydrogen) atoms.